The monoisotopic (exact) mass is 306 g/mol. The Bertz CT molecular complexity index is 838. The van der Waals surface area contributed by atoms with Gasteiger partial charge >= 0.3 is 0 Å². The van der Waals surface area contributed by atoms with Gasteiger partial charge in [-0.1, -0.05) is 18.2 Å². The summed E-state index contributed by atoms with van der Waals surface area (Å²) >= 11 is 0. The summed E-state index contributed by atoms with van der Waals surface area (Å²) < 4.78 is 0. The molecule has 0 aromatic heterocycles. The van der Waals surface area contributed by atoms with Crippen molar-refractivity contribution in [2.45, 2.75) is 0 Å². The predicted octanol–water partition coefficient (Wildman–Crippen LogP) is 1.69. The van der Waals surface area contributed by atoms with Crippen LogP contribution in [0, 0.1) is 5.41 Å². The molecule has 0 aliphatic carbocycles. The van der Waals surface area contributed by atoms with E-state index >= 15 is 0 Å². The number of imide groups is 1. The van der Waals surface area contributed by atoms with Crippen LogP contribution in [0.3, 0.4) is 0 Å². The fraction of sp³-hybridized carbons (Fsp3) is 0. The topological polar surface area (TPSA) is 108 Å². The number of carbonyl (C=O) groups excluding carboxylic acids is 2. The lowest BCUT2D eigenvalue weighted by molar-refractivity contribution is -0.114. The molecule has 0 fully saturated rings. The molecule has 0 saturated carbocycles. The van der Waals surface area contributed by atoms with Gasteiger partial charge in [-0.15, -0.1) is 0 Å². The minimum Gasteiger partial charge on any atom is -0.384 e. The van der Waals surface area contributed by atoms with Gasteiger partial charge in [-0.3, -0.25) is 20.3 Å². The van der Waals surface area contributed by atoms with Crippen LogP contribution >= 0.6 is 0 Å². The van der Waals surface area contributed by atoms with Crippen molar-refractivity contribution in [1.82, 2.24) is 5.32 Å². The van der Waals surface area contributed by atoms with Crippen molar-refractivity contribution in [3.05, 3.63) is 71.4 Å². The van der Waals surface area contributed by atoms with Crippen molar-refractivity contribution in [1.29, 1.82) is 5.41 Å². The molecule has 114 valence electrons. The number of benzene rings is 2. The minimum atomic E-state index is -0.443. The lowest BCUT2D eigenvalue weighted by Crippen LogP contribution is -2.36. The zero-order chi connectivity index (χ0) is 16.4. The number of nitrogens with two attached hydrogens (primary N) is 1. The van der Waals surface area contributed by atoms with Crippen LogP contribution < -0.4 is 16.4 Å². The predicted molar refractivity (Wildman–Crippen MR) is 88.0 cm³/mol. The van der Waals surface area contributed by atoms with Gasteiger partial charge in [0.1, 0.15) is 5.84 Å². The van der Waals surface area contributed by atoms with Crippen LogP contribution in [0.4, 0.5) is 5.69 Å². The molecule has 3 rings (SSSR count). The molecule has 1 aliphatic heterocycles. The summed E-state index contributed by atoms with van der Waals surface area (Å²) in [6, 6.07) is 13.9. The Morgan fingerprint density at radius 2 is 1.65 bits per heavy atom. The van der Waals surface area contributed by atoms with Crippen molar-refractivity contribution in [3.8, 4) is 0 Å². The second-order valence-corrected chi connectivity index (χ2v) is 5.02. The first kappa shape index (κ1) is 14.5. The number of amidine groups is 1. The highest BCUT2D eigenvalue weighted by molar-refractivity contribution is 6.31. The molecule has 1 aliphatic rings. The highest BCUT2D eigenvalue weighted by Gasteiger charge is 2.26. The summed E-state index contributed by atoms with van der Waals surface area (Å²) in [5, 5.41) is 12.7. The fourth-order valence-electron chi connectivity index (χ4n) is 2.32. The molecule has 2 aromatic rings. The van der Waals surface area contributed by atoms with Crippen LogP contribution in [0.1, 0.15) is 21.5 Å². The highest BCUT2D eigenvalue weighted by Crippen LogP contribution is 2.24. The molecule has 0 atom stereocenters. The van der Waals surface area contributed by atoms with Crippen LogP contribution in [-0.4, -0.2) is 17.6 Å². The Morgan fingerprint density at radius 3 is 2.30 bits per heavy atom. The number of carbonyl (C=O) groups is 2. The van der Waals surface area contributed by atoms with Crippen LogP contribution in [0.2, 0.25) is 0 Å². The minimum absolute atomic E-state index is 0.00555. The zero-order valence-electron chi connectivity index (χ0n) is 12.1. The van der Waals surface area contributed by atoms with Crippen molar-refractivity contribution in [3.63, 3.8) is 0 Å². The number of rotatable bonds is 3. The van der Waals surface area contributed by atoms with Crippen molar-refractivity contribution < 1.29 is 9.59 Å². The average Bonchev–Trinajstić information content (AvgIpc) is 2.55. The smallest absolute Gasteiger partial charge is 0.260 e. The second-order valence-electron chi connectivity index (χ2n) is 5.02. The molecule has 2 amide bonds. The van der Waals surface area contributed by atoms with E-state index in [2.05, 4.69) is 10.6 Å². The van der Waals surface area contributed by atoms with E-state index in [1.165, 1.54) is 0 Å². The van der Waals surface area contributed by atoms with E-state index < -0.39 is 11.8 Å². The van der Waals surface area contributed by atoms with Crippen molar-refractivity contribution in [2.24, 2.45) is 5.73 Å². The Morgan fingerprint density at radius 1 is 1.00 bits per heavy atom. The normalized spacial score (nSPS) is 15.0. The molecule has 1 heterocycles. The van der Waals surface area contributed by atoms with E-state index in [1.54, 1.807) is 54.7 Å². The van der Waals surface area contributed by atoms with Gasteiger partial charge in [-0.05, 0) is 30.3 Å². The number of hydrogen-bond donors (Lipinski definition) is 4. The maximum absolute atomic E-state index is 12.0. The van der Waals surface area contributed by atoms with Gasteiger partial charge in [0.25, 0.3) is 11.8 Å². The van der Waals surface area contributed by atoms with Gasteiger partial charge in [-0.25, -0.2) is 0 Å². The van der Waals surface area contributed by atoms with Crippen LogP contribution in [0.15, 0.2) is 54.7 Å². The molecule has 0 unspecified atom stereocenters. The van der Waals surface area contributed by atoms with Gasteiger partial charge < -0.3 is 11.1 Å². The summed E-state index contributed by atoms with van der Waals surface area (Å²) in [6.07, 6.45) is 1.56. The third kappa shape index (κ3) is 2.82. The van der Waals surface area contributed by atoms with Crippen LogP contribution in [0.25, 0.3) is 5.57 Å². The summed E-state index contributed by atoms with van der Waals surface area (Å²) in [6.45, 7) is 0. The third-order valence-corrected chi connectivity index (χ3v) is 3.51. The first-order chi connectivity index (χ1) is 11.1. The molecular formula is C17H14N4O2. The summed E-state index contributed by atoms with van der Waals surface area (Å²) in [5.74, 6) is -0.843. The van der Waals surface area contributed by atoms with Gasteiger partial charge in [0.15, 0.2) is 0 Å². The molecule has 5 N–H and O–H groups in total. The summed E-state index contributed by atoms with van der Waals surface area (Å²) in [5.41, 5.74) is 8.21. The second kappa shape index (κ2) is 5.76. The molecule has 0 bridgehead atoms. The van der Waals surface area contributed by atoms with E-state index in [-0.39, 0.29) is 5.84 Å². The molecule has 23 heavy (non-hydrogen) atoms. The average molecular weight is 306 g/mol. The largest absolute Gasteiger partial charge is 0.384 e. The van der Waals surface area contributed by atoms with Gasteiger partial charge in [-0.2, -0.15) is 0 Å². The van der Waals surface area contributed by atoms with Crippen molar-refractivity contribution >= 4 is 28.9 Å². The summed E-state index contributed by atoms with van der Waals surface area (Å²) in [7, 11) is 0. The van der Waals surface area contributed by atoms with Gasteiger partial charge in [0.05, 0.1) is 5.57 Å². The quantitative estimate of drug-likeness (QED) is 0.299. The Hall–Kier alpha value is -3.41. The van der Waals surface area contributed by atoms with E-state index in [1.807, 2.05) is 0 Å². The number of amides is 2. The van der Waals surface area contributed by atoms with Gasteiger partial charge in [0.2, 0.25) is 0 Å². The molecule has 0 spiro atoms. The van der Waals surface area contributed by atoms with E-state index in [9.17, 15) is 9.59 Å². The Labute approximate surface area is 132 Å². The maximum Gasteiger partial charge on any atom is 0.260 e. The van der Waals surface area contributed by atoms with Gasteiger partial charge in [0, 0.05) is 28.6 Å². The molecular weight excluding hydrogens is 292 g/mol. The zero-order valence-corrected chi connectivity index (χ0v) is 12.1. The number of anilines is 1. The highest BCUT2D eigenvalue weighted by atomic mass is 16.2. The Balaban J connectivity index is 1.90. The number of nitrogens with one attached hydrogen (secondary N) is 3. The van der Waals surface area contributed by atoms with E-state index in [0.717, 1.165) is 5.69 Å². The van der Waals surface area contributed by atoms with Crippen LogP contribution in [-0.2, 0) is 4.79 Å². The maximum atomic E-state index is 12.0. The molecule has 6 heteroatoms. The van der Waals surface area contributed by atoms with E-state index in [4.69, 9.17) is 11.1 Å². The standard InChI is InChI=1S/C17H14N4O2/c18-15(19)10-5-7-11(8-6-10)20-9-14-12-3-1-2-4-13(12)16(22)21-17(14)23/h1-9,20H,(H3,18,19)(H,21,22,23)/b14-9-. The van der Waals surface area contributed by atoms with Crippen molar-refractivity contribution in [2.75, 3.05) is 5.32 Å². The van der Waals surface area contributed by atoms with E-state index in [0.29, 0.717) is 22.3 Å². The summed E-state index contributed by atoms with van der Waals surface area (Å²) in [4.78, 5) is 23.9. The van der Waals surface area contributed by atoms with Crippen LogP contribution in [0.5, 0.6) is 0 Å². The third-order valence-electron chi connectivity index (χ3n) is 3.51. The molecule has 2 aromatic carbocycles. The lowest BCUT2D eigenvalue weighted by atomic mass is 9.96. The lowest BCUT2D eigenvalue weighted by Gasteiger charge is -2.18. The fourth-order valence-corrected chi connectivity index (χ4v) is 2.32. The molecule has 0 radical (unpaired) electrons. The molecule has 6 nitrogen and oxygen atoms in total. The first-order valence-corrected chi connectivity index (χ1v) is 6.92. The number of fused-ring (bicyclic) bond motifs is 1. The SMILES string of the molecule is N=C(N)c1ccc(N/C=C2\C(=O)NC(=O)c3ccccc32)cc1. The Kier molecular flexibility index (Phi) is 3.64. The number of hydrogen-bond acceptors (Lipinski definition) is 4. The first-order valence-electron chi connectivity index (χ1n) is 6.92. The molecule has 0 saturated heterocycles. The number of nitrogen functional groups attached to an aromatic ring is 1.